The van der Waals surface area contributed by atoms with Crippen LogP contribution in [0.2, 0.25) is 0 Å². The van der Waals surface area contributed by atoms with E-state index in [-0.39, 0.29) is 46.9 Å². The van der Waals surface area contributed by atoms with Gasteiger partial charge in [-0.1, -0.05) is 34.1 Å². The van der Waals surface area contributed by atoms with Gasteiger partial charge in [0.2, 0.25) is 0 Å². The number of carbonyl (C=O) groups excluding carboxylic acids is 1. The highest BCUT2D eigenvalue weighted by atomic mass is 16.6. The highest BCUT2D eigenvalue weighted by Crippen LogP contribution is 2.66. The van der Waals surface area contributed by atoms with Crippen LogP contribution in [0.3, 0.4) is 0 Å². The largest absolute Gasteiger partial charge is 0.504 e. The van der Waals surface area contributed by atoms with Crippen molar-refractivity contribution in [2.24, 2.45) is 11.3 Å². The number of nitrogens with one attached hydrogen (secondary N) is 1. The first kappa shape index (κ1) is 17.7. The third kappa shape index (κ3) is 1.92. The van der Waals surface area contributed by atoms with E-state index < -0.39 is 5.41 Å². The molecule has 4 unspecified atom stereocenters. The van der Waals surface area contributed by atoms with Gasteiger partial charge in [-0.2, -0.15) is 0 Å². The van der Waals surface area contributed by atoms with Crippen molar-refractivity contribution in [2.75, 3.05) is 7.05 Å². The van der Waals surface area contributed by atoms with E-state index in [4.69, 9.17) is 4.74 Å². The summed E-state index contributed by atoms with van der Waals surface area (Å²) in [5.41, 5.74) is 1.26. The molecule has 0 radical (unpaired) electrons. The monoisotopic (exact) mass is 359 g/mol. The lowest BCUT2D eigenvalue weighted by Gasteiger charge is -2.52. The quantitative estimate of drug-likeness (QED) is 0.556. The Hall–Kier alpha value is -1.75. The van der Waals surface area contributed by atoms with Crippen LogP contribution in [0.25, 0.3) is 0 Å². The Morgan fingerprint density at radius 1 is 1.23 bits per heavy atom. The van der Waals surface area contributed by atoms with E-state index in [1.165, 1.54) is 0 Å². The number of rotatable bonds is 2. The zero-order valence-electron chi connectivity index (χ0n) is 16.2. The van der Waals surface area contributed by atoms with Crippen LogP contribution in [0.4, 0.5) is 0 Å². The highest BCUT2D eigenvalue weighted by Gasteiger charge is 2.69. The smallest absolute Gasteiger partial charge is 0.317 e. The lowest BCUT2D eigenvalue weighted by molar-refractivity contribution is -0.146. The first-order valence-electron chi connectivity index (χ1n) is 9.64. The molecule has 1 saturated heterocycles. The molecule has 1 saturated carbocycles. The molecular formula is C21H29NO4. The number of ether oxygens (including phenoxy) is 1. The molecule has 0 spiro atoms. The lowest BCUT2D eigenvalue weighted by atomic mass is 9.49. The van der Waals surface area contributed by atoms with Crippen molar-refractivity contribution in [2.45, 2.75) is 70.4 Å². The van der Waals surface area contributed by atoms with E-state index in [0.717, 1.165) is 18.4 Å². The second-order valence-electron chi connectivity index (χ2n) is 9.21. The number of hydrogen-bond acceptors (Lipinski definition) is 5. The van der Waals surface area contributed by atoms with Crippen molar-refractivity contribution >= 4 is 5.97 Å². The van der Waals surface area contributed by atoms with Crippen LogP contribution >= 0.6 is 0 Å². The number of phenols is 2. The minimum absolute atomic E-state index is 0.0172. The fraction of sp³-hybridized carbons (Fsp3) is 0.667. The van der Waals surface area contributed by atoms with E-state index in [1.807, 2.05) is 27.0 Å². The van der Waals surface area contributed by atoms with Gasteiger partial charge in [0, 0.05) is 17.0 Å². The number of carbonyl (C=O) groups is 1. The fourth-order valence-corrected chi connectivity index (χ4v) is 6.05. The Bertz CT molecular complexity index is 785. The summed E-state index contributed by atoms with van der Waals surface area (Å²) in [4.78, 5) is 13.2. The van der Waals surface area contributed by atoms with Gasteiger partial charge >= 0.3 is 5.97 Å². The minimum atomic E-state index is -0.855. The first-order valence-corrected chi connectivity index (χ1v) is 9.64. The standard InChI is InChI=1S/C21H29NO4/c1-10(2)11-9-12-13(16(24)15(11)23)21-8-6-7-20(3,4)18(21)17(14(12)22-5)26-19(21)25/h9-10,14,17-18,22-24H,6-8H2,1-5H3. The van der Waals surface area contributed by atoms with Gasteiger partial charge in [-0.15, -0.1) is 0 Å². The zero-order valence-corrected chi connectivity index (χ0v) is 16.2. The van der Waals surface area contributed by atoms with E-state index >= 15 is 0 Å². The average molecular weight is 359 g/mol. The van der Waals surface area contributed by atoms with Crippen molar-refractivity contribution in [1.29, 1.82) is 0 Å². The number of phenolic OH excluding ortho intramolecular Hbond substituents is 2. The summed E-state index contributed by atoms with van der Waals surface area (Å²) in [6.45, 7) is 8.35. The van der Waals surface area contributed by atoms with Gasteiger partial charge < -0.3 is 20.3 Å². The summed E-state index contributed by atoms with van der Waals surface area (Å²) in [6.07, 6.45) is 2.34. The zero-order chi connectivity index (χ0) is 19.0. The molecule has 0 amide bonds. The summed E-state index contributed by atoms with van der Waals surface area (Å²) in [7, 11) is 1.86. The van der Waals surface area contributed by atoms with Crippen LogP contribution < -0.4 is 5.32 Å². The molecule has 3 N–H and O–H groups in total. The molecule has 2 fully saturated rings. The van der Waals surface area contributed by atoms with Crippen LogP contribution in [-0.4, -0.2) is 29.3 Å². The van der Waals surface area contributed by atoms with Crippen molar-refractivity contribution in [1.82, 2.24) is 5.32 Å². The number of fused-ring (bicyclic) bond motifs is 1. The predicted molar refractivity (Wildman–Crippen MR) is 98.3 cm³/mol. The Morgan fingerprint density at radius 2 is 1.92 bits per heavy atom. The van der Waals surface area contributed by atoms with Gasteiger partial charge in [-0.05, 0) is 42.9 Å². The third-order valence-electron chi connectivity index (χ3n) is 7.08. The second kappa shape index (κ2) is 5.38. The summed E-state index contributed by atoms with van der Waals surface area (Å²) in [5.74, 6) is -0.423. The molecule has 1 aliphatic heterocycles. The molecule has 2 bridgehead atoms. The van der Waals surface area contributed by atoms with Crippen LogP contribution in [-0.2, 0) is 14.9 Å². The fourth-order valence-electron chi connectivity index (χ4n) is 6.05. The number of hydrogen-bond donors (Lipinski definition) is 3. The van der Waals surface area contributed by atoms with E-state index in [0.29, 0.717) is 17.5 Å². The lowest BCUT2D eigenvalue weighted by Crippen LogP contribution is -2.55. The molecule has 5 heteroatoms. The Morgan fingerprint density at radius 3 is 2.54 bits per heavy atom. The summed E-state index contributed by atoms with van der Waals surface area (Å²) < 4.78 is 5.95. The molecule has 4 rings (SSSR count). The Balaban J connectivity index is 2.08. The Kier molecular flexibility index (Phi) is 3.65. The normalized spacial score (nSPS) is 34.4. The van der Waals surface area contributed by atoms with Crippen molar-refractivity contribution in [3.05, 3.63) is 22.8 Å². The van der Waals surface area contributed by atoms with Crippen molar-refractivity contribution < 1.29 is 19.7 Å². The first-order chi connectivity index (χ1) is 12.2. The number of likely N-dealkylation sites (N-methyl/N-ethyl adjacent to an activating group) is 1. The summed E-state index contributed by atoms with van der Waals surface area (Å²) >= 11 is 0. The predicted octanol–water partition coefficient (Wildman–Crippen LogP) is 3.48. The molecule has 1 aromatic carbocycles. The average Bonchev–Trinajstić information content (AvgIpc) is 2.81. The van der Waals surface area contributed by atoms with Crippen molar-refractivity contribution in [3.8, 4) is 11.5 Å². The van der Waals surface area contributed by atoms with Gasteiger partial charge in [0.15, 0.2) is 11.5 Å². The SMILES string of the molecule is CNC1c2cc(C(C)C)c(O)c(O)c2C23CCCC(C)(C)C2C1OC3=O. The number of esters is 1. The molecule has 4 atom stereocenters. The molecule has 3 aliphatic rings. The van der Waals surface area contributed by atoms with E-state index in [1.54, 1.807) is 0 Å². The van der Waals surface area contributed by atoms with Crippen LogP contribution in [0, 0.1) is 11.3 Å². The third-order valence-corrected chi connectivity index (χ3v) is 7.08. The molecule has 1 heterocycles. The molecular weight excluding hydrogens is 330 g/mol. The van der Waals surface area contributed by atoms with Gasteiger partial charge in [0.1, 0.15) is 11.5 Å². The molecule has 2 aliphatic carbocycles. The van der Waals surface area contributed by atoms with Crippen LogP contribution in [0.15, 0.2) is 6.07 Å². The van der Waals surface area contributed by atoms with E-state index in [2.05, 4.69) is 19.2 Å². The van der Waals surface area contributed by atoms with Crippen LogP contribution in [0.5, 0.6) is 11.5 Å². The second-order valence-corrected chi connectivity index (χ2v) is 9.21. The van der Waals surface area contributed by atoms with Gasteiger partial charge in [0.05, 0.1) is 6.04 Å². The minimum Gasteiger partial charge on any atom is -0.504 e. The number of aromatic hydroxyl groups is 2. The maximum absolute atomic E-state index is 13.2. The molecule has 26 heavy (non-hydrogen) atoms. The molecule has 5 nitrogen and oxygen atoms in total. The number of benzene rings is 1. The molecule has 1 aromatic rings. The van der Waals surface area contributed by atoms with Gasteiger partial charge in [-0.25, -0.2) is 0 Å². The highest BCUT2D eigenvalue weighted by molar-refractivity contribution is 5.90. The summed E-state index contributed by atoms with van der Waals surface area (Å²) in [5, 5.41) is 25.1. The molecule has 0 aromatic heterocycles. The Labute approximate surface area is 154 Å². The maximum atomic E-state index is 13.2. The molecule has 142 valence electrons. The van der Waals surface area contributed by atoms with Crippen molar-refractivity contribution in [3.63, 3.8) is 0 Å². The van der Waals surface area contributed by atoms with Gasteiger partial charge in [0.25, 0.3) is 0 Å². The van der Waals surface area contributed by atoms with Crippen LogP contribution in [0.1, 0.15) is 75.6 Å². The summed E-state index contributed by atoms with van der Waals surface area (Å²) in [6, 6.07) is 1.78. The maximum Gasteiger partial charge on any atom is 0.317 e. The topological polar surface area (TPSA) is 78.8 Å². The van der Waals surface area contributed by atoms with Gasteiger partial charge in [-0.3, -0.25) is 4.79 Å². The van der Waals surface area contributed by atoms with E-state index in [9.17, 15) is 15.0 Å².